The van der Waals surface area contributed by atoms with Crippen LogP contribution < -0.4 is 4.72 Å². The van der Waals surface area contributed by atoms with Crippen LogP contribution in [0.1, 0.15) is 17.8 Å². The lowest BCUT2D eigenvalue weighted by molar-refractivity contribution is 0.155. The molecule has 9 heteroatoms. The number of aliphatic hydroxyl groups excluding tert-OH is 1. The smallest absolute Gasteiger partial charge is 0.240 e. The molecular formula is C20H18N2O5S2. The summed E-state index contributed by atoms with van der Waals surface area (Å²) in [5.41, 5.74) is 1.38. The lowest BCUT2D eigenvalue weighted by atomic mass is 10.2. The normalized spacial score (nSPS) is 12.9. The lowest BCUT2D eigenvalue weighted by Crippen LogP contribution is -2.28. The topological polar surface area (TPSA) is 106 Å². The van der Waals surface area contributed by atoms with Crippen LogP contribution in [0.25, 0.3) is 21.9 Å². The van der Waals surface area contributed by atoms with Crippen molar-refractivity contribution in [3.8, 4) is 21.9 Å². The fourth-order valence-electron chi connectivity index (χ4n) is 2.76. The second-order valence-electron chi connectivity index (χ2n) is 6.32. The molecule has 4 rings (SSSR count). The number of aromatic nitrogens is 1. The fraction of sp³-hybridized carbons (Fsp3) is 0.150. The molecule has 2 N–H and O–H groups in total. The summed E-state index contributed by atoms with van der Waals surface area (Å²) >= 11 is 1.52. The third-order valence-corrected chi connectivity index (χ3v) is 6.59. The van der Waals surface area contributed by atoms with Crippen molar-refractivity contribution in [3.63, 3.8) is 0 Å². The summed E-state index contributed by atoms with van der Waals surface area (Å²) in [6, 6.07) is 13.5. The van der Waals surface area contributed by atoms with E-state index in [2.05, 4.69) is 9.71 Å². The van der Waals surface area contributed by atoms with E-state index in [0.29, 0.717) is 23.1 Å². The molecule has 0 saturated carbocycles. The highest BCUT2D eigenvalue weighted by Crippen LogP contribution is 2.29. The van der Waals surface area contributed by atoms with E-state index in [4.69, 9.17) is 8.83 Å². The molecule has 0 aliphatic heterocycles. The number of aryl methyl sites for hydroxylation is 1. The number of thiophene rings is 1. The summed E-state index contributed by atoms with van der Waals surface area (Å²) in [7, 11) is -3.79. The zero-order chi connectivity index (χ0) is 20.4. The number of oxazole rings is 1. The Morgan fingerprint density at radius 2 is 1.97 bits per heavy atom. The van der Waals surface area contributed by atoms with E-state index in [1.54, 1.807) is 31.2 Å². The maximum atomic E-state index is 12.5. The minimum Gasteiger partial charge on any atom is -0.457 e. The van der Waals surface area contributed by atoms with Gasteiger partial charge in [-0.25, -0.2) is 18.1 Å². The Hall–Kier alpha value is -2.72. The number of nitrogens with zero attached hydrogens (tertiary/aromatic N) is 1. The monoisotopic (exact) mass is 430 g/mol. The summed E-state index contributed by atoms with van der Waals surface area (Å²) in [4.78, 5) is 5.24. The second-order valence-corrected chi connectivity index (χ2v) is 9.04. The van der Waals surface area contributed by atoms with Crippen molar-refractivity contribution < 1.29 is 22.4 Å². The molecule has 0 bridgehead atoms. The molecular weight excluding hydrogens is 412 g/mol. The van der Waals surface area contributed by atoms with E-state index in [0.717, 1.165) is 10.4 Å². The SMILES string of the molecule is Cc1nc(-c2ccc(S(=O)(=O)NCC(O)c3ccc(-c4cccs4)o3)cc2)co1. The molecule has 3 heterocycles. The summed E-state index contributed by atoms with van der Waals surface area (Å²) in [5, 5.41) is 12.2. The Labute approximate surface area is 171 Å². The Balaban J connectivity index is 1.42. The molecule has 150 valence electrons. The number of sulfonamides is 1. The maximum Gasteiger partial charge on any atom is 0.240 e. The van der Waals surface area contributed by atoms with Crippen LogP contribution in [0.4, 0.5) is 0 Å². The van der Waals surface area contributed by atoms with E-state index in [-0.39, 0.29) is 11.4 Å². The molecule has 0 aliphatic rings. The van der Waals surface area contributed by atoms with E-state index in [1.165, 1.54) is 29.7 Å². The first-order valence-corrected chi connectivity index (χ1v) is 11.1. The summed E-state index contributed by atoms with van der Waals surface area (Å²) in [6.45, 7) is 1.53. The van der Waals surface area contributed by atoms with Crippen LogP contribution in [0, 0.1) is 6.92 Å². The molecule has 0 fully saturated rings. The van der Waals surface area contributed by atoms with Crippen molar-refractivity contribution >= 4 is 21.4 Å². The van der Waals surface area contributed by atoms with Gasteiger partial charge in [-0.05, 0) is 35.7 Å². The van der Waals surface area contributed by atoms with Crippen LogP contribution in [-0.4, -0.2) is 25.1 Å². The van der Waals surface area contributed by atoms with Gasteiger partial charge in [0.2, 0.25) is 10.0 Å². The molecule has 0 spiro atoms. The predicted molar refractivity (Wildman–Crippen MR) is 109 cm³/mol. The van der Waals surface area contributed by atoms with Crippen LogP contribution in [0.3, 0.4) is 0 Å². The number of furan rings is 1. The maximum absolute atomic E-state index is 12.5. The van der Waals surface area contributed by atoms with E-state index in [1.807, 2.05) is 17.5 Å². The minimum absolute atomic E-state index is 0.0902. The fourth-order valence-corrected chi connectivity index (χ4v) is 4.48. The number of rotatable bonds is 7. The number of hydrogen-bond acceptors (Lipinski definition) is 7. The molecule has 0 saturated heterocycles. The summed E-state index contributed by atoms with van der Waals surface area (Å²) < 4.78 is 38.3. The first-order chi connectivity index (χ1) is 13.9. The Morgan fingerprint density at radius 1 is 1.17 bits per heavy atom. The summed E-state index contributed by atoms with van der Waals surface area (Å²) in [6.07, 6.45) is 0.414. The largest absolute Gasteiger partial charge is 0.457 e. The molecule has 29 heavy (non-hydrogen) atoms. The number of nitrogens with one attached hydrogen (secondary N) is 1. The Kier molecular flexibility index (Phi) is 5.37. The van der Waals surface area contributed by atoms with E-state index < -0.39 is 16.1 Å². The Morgan fingerprint density at radius 3 is 2.62 bits per heavy atom. The molecule has 1 unspecified atom stereocenters. The highest BCUT2D eigenvalue weighted by atomic mass is 32.2. The van der Waals surface area contributed by atoms with Gasteiger partial charge in [0.05, 0.1) is 9.77 Å². The average molecular weight is 431 g/mol. The van der Waals surface area contributed by atoms with E-state index >= 15 is 0 Å². The molecule has 0 amide bonds. The van der Waals surface area contributed by atoms with Gasteiger partial charge >= 0.3 is 0 Å². The number of benzene rings is 1. The van der Waals surface area contributed by atoms with Crippen LogP contribution >= 0.6 is 11.3 Å². The van der Waals surface area contributed by atoms with Crippen molar-refractivity contribution in [2.75, 3.05) is 6.54 Å². The number of hydrogen-bond donors (Lipinski definition) is 2. The average Bonchev–Trinajstić information content (AvgIpc) is 3.47. The molecule has 0 radical (unpaired) electrons. The Bertz CT molecular complexity index is 1190. The van der Waals surface area contributed by atoms with Crippen LogP contribution in [0.5, 0.6) is 0 Å². The first kappa shape index (κ1) is 19.6. The molecule has 7 nitrogen and oxygen atoms in total. The highest BCUT2D eigenvalue weighted by Gasteiger charge is 2.19. The third kappa shape index (κ3) is 4.33. The second kappa shape index (κ2) is 7.96. The van der Waals surface area contributed by atoms with Crippen molar-refractivity contribution in [2.24, 2.45) is 0 Å². The van der Waals surface area contributed by atoms with Crippen molar-refractivity contribution in [2.45, 2.75) is 17.9 Å². The highest BCUT2D eigenvalue weighted by molar-refractivity contribution is 7.89. The number of aliphatic hydroxyl groups is 1. The zero-order valence-electron chi connectivity index (χ0n) is 15.4. The van der Waals surface area contributed by atoms with Gasteiger partial charge in [0.1, 0.15) is 29.6 Å². The minimum atomic E-state index is -3.79. The molecule has 0 aliphatic carbocycles. The van der Waals surface area contributed by atoms with Gasteiger partial charge in [0, 0.05) is 19.0 Å². The van der Waals surface area contributed by atoms with Crippen LogP contribution in [-0.2, 0) is 10.0 Å². The third-order valence-electron chi connectivity index (χ3n) is 4.27. The van der Waals surface area contributed by atoms with Crippen LogP contribution in [0.15, 0.2) is 73.9 Å². The predicted octanol–water partition coefficient (Wildman–Crippen LogP) is 3.98. The first-order valence-electron chi connectivity index (χ1n) is 8.76. The van der Waals surface area contributed by atoms with Crippen LogP contribution in [0.2, 0.25) is 0 Å². The van der Waals surface area contributed by atoms with Gasteiger partial charge in [-0.1, -0.05) is 18.2 Å². The van der Waals surface area contributed by atoms with E-state index in [9.17, 15) is 13.5 Å². The van der Waals surface area contributed by atoms with Crippen molar-refractivity contribution in [3.05, 3.63) is 71.8 Å². The quantitative estimate of drug-likeness (QED) is 0.459. The van der Waals surface area contributed by atoms with Gasteiger partial charge in [0.25, 0.3) is 0 Å². The molecule has 4 aromatic rings. The lowest BCUT2D eigenvalue weighted by Gasteiger charge is -2.11. The molecule has 3 aromatic heterocycles. The van der Waals surface area contributed by atoms with Gasteiger partial charge < -0.3 is 13.9 Å². The van der Waals surface area contributed by atoms with Crippen molar-refractivity contribution in [1.82, 2.24) is 9.71 Å². The van der Waals surface area contributed by atoms with Gasteiger partial charge in [0.15, 0.2) is 5.89 Å². The van der Waals surface area contributed by atoms with Gasteiger partial charge in [-0.15, -0.1) is 11.3 Å². The zero-order valence-corrected chi connectivity index (χ0v) is 17.0. The molecule has 1 atom stereocenters. The van der Waals surface area contributed by atoms with Crippen molar-refractivity contribution in [1.29, 1.82) is 0 Å². The summed E-state index contributed by atoms with van der Waals surface area (Å²) in [5.74, 6) is 1.47. The molecule has 1 aromatic carbocycles. The standard InChI is InChI=1S/C20H18N2O5S2/c1-13-22-16(12-26-13)14-4-6-15(7-5-14)29(24,25)21-11-17(23)18-8-9-19(27-18)20-3-2-10-28-20/h2-10,12,17,21,23H,11H2,1H3. The van der Waals surface area contributed by atoms with Gasteiger partial charge in [-0.3, -0.25) is 0 Å². The van der Waals surface area contributed by atoms with Gasteiger partial charge in [-0.2, -0.15) is 0 Å².